The number of aryl methyl sites for hydroxylation is 1. The molecule has 4 rings (SSSR count). The van der Waals surface area contributed by atoms with Gasteiger partial charge in [0.15, 0.2) is 0 Å². The first-order valence-electron chi connectivity index (χ1n) is 9.89. The van der Waals surface area contributed by atoms with E-state index in [1.54, 1.807) is 6.20 Å². The summed E-state index contributed by atoms with van der Waals surface area (Å²) in [5.74, 6) is 0.819. The molecule has 1 N–H and O–H groups in total. The first-order chi connectivity index (χ1) is 13.2. The van der Waals surface area contributed by atoms with E-state index in [-0.39, 0.29) is 11.8 Å². The Morgan fingerprint density at radius 3 is 2.67 bits per heavy atom. The number of hydrogen-bond acceptors (Lipinski definition) is 4. The highest BCUT2D eigenvalue weighted by Gasteiger charge is 2.26. The smallest absolute Gasteiger partial charge is 0.231 e. The summed E-state index contributed by atoms with van der Waals surface area (Å²) in [7, 11) is 0. The lowest BCUT2D eigenvalue weighted by Gasteiger charge is -2.32. The van der Waals surface area contributed by atoms with Crippen LogP contribution in [0.2, 0.25) is 0 Å². The summed E-state index contributed by atoms with van der Waals surface area (Å²) in [6.07, 6.45) is 4.67. The van der Waals surface area contributed by atoms with Crippen LogP contribution < -0.4 is 5.32 Å². The van der Waals surface area contributed by atoms with E-state index < -0.39 is 0 Å². The zero-order valence-electron chi connectivity index (χ0n) is 15.9. The van der Waals surface area contributed by atoms with Crippen molar-refractivity contribution >= 4 is 11.7 Å². The van der Waals surface area contributed by atoms with Gasteiger partial charge in [0, 0.05) is 32.3 Å². The third-order valence-electron chi connectivity index (χ3n) is 5.65. The quantitative estimate of drug-likeness (QED) is 0.881. The Bertz CT molecular complexity index is 757. The molecule has 1 aromatic carbocycles. The highest BCUT2D eigenvalue weighted by Crippen LogP contribution is 2.27. The van der Waals surface area contributed by atoms with E-state index in [4.69, 9.17) is 4.74 Å². The molecule has 0 aliphatic carbocycles. The van der Waals surface area contributed by atoms with Gasteiger partial charge in [0.2, 0.25) is 5.91 Å². The van der Waals surface area contributed by atoms with Gasteiger partial charge in [0.25, 0.3) is 0 Å². The molecule has 2 aliphatic rings. The Labute approximate surface area is 160 Å². The van der Waals surface area contributed by atoms with Crippen LogP contribution in [0.5, 0.6) is 0 Å². The lowest BCUT2D eigenvalue weighted by molar-refractivity contribution is -0.119. The van der Waals surface area contributed by atoms with E-state index in [1.165, 1.54) is 11.1 Å². The van der Waals surface area contributed by atoms with Gasteiger partial charge in [-0.2, -0.15) is 5.10 Å². The second-order valence-corrected chi connectivity index (χ2v) is 7.70. The Kier molecular flexibility index (Phi) is 5.55. The van der Waals surface area contributed by atoms with Crippen molar-refractivity contribution in [3.8, 4) is 0 Å². The van der Waals surface area contributed by atoms with Crippen LogP contribution in [-0.4, -0.2) is 46.9 Å². The number of ether oxygens (including phenoxy) is 1. The summed E-state index contributed by atoms with van der Waals surface area (Å²) in [5, 5.41) is 7.54. The highest BCUT2D eigenvalue weighted by molar-refractivity contribution is 5.92. The van der Waals surface area contributed by atoms with Crippen LogP contribution in [0.3, 0.4) is 0 Å². The van der Waals surface area contributed by atoms with Gasteiger partial charge in [-0.05, 0) is 31.7 Å². The average Bonchev–Trinajstić information content (AvgIpc) is 3.36. The molecule has 2 saturated heterocycles. The number of carbonyl (C=O) groups is 1. The number of nitrogens with one attached hydrogen (secondary N) is 1. The van der Waals surface area contributed by atoms with Gasteiger partial charge in [-0.25, -0.2) is 4.68 Å². The van der Waals surface area contributed by atoms with E-state index in [0.29, 0.717) is 19.3 Å². The van der Waals surface area contributed by atoms with Crippen LogP contribution in [0.25, 0.3) is 0 Å². The summed E-state index contributed by atoms with van der Waals surface area (Å²) in [6, 6.07) is 11.0. The molecule has 6 nitrogen and oxygen atoms in total. The molecule has 2 fully saturated rings. The number of carbonyl (C=O) groups excluding carboxylic acids is 1. The third-order valence-corrected chi connectivity index (χ3v) is 5.65. The molecule has 0 bridgehead atoms. The minimum Gasteiger partial charge on any atom is -0.381 e. The molecular formula is C21H28N4O2. The number of benzene rings is 1. The highest BCUT2D eigenvalue weighted by atomic mass is 16.5. The van der Waals surface area contributed by atoms with Crippen molar-refractivity contribution in [3.05, 3.63) is 47.7 Å². The Balaban J connectivity index is 1.32. The molecule has 27 heavy (non-hydrogen) atoms. The lowest BCUT2D eigenvalue weighted by atomic mass is 10.0. The first-order valence-corrected chi connectivity index (χ1v) is 9.89. The van der Waals surface area contributed by atoms with Crippen LogP contribution >= 0.6 is 0 Å². The van der Waals surface area contributed by atoms with Crippen molar-refractivity contribution in [2.24, 2.45) is 5.92 Å². The summed E-state index contributed by atoms with van der Waals surface area (Å²) in [5.41, 5.74) is 2.67. The molecule has 2 aliphatic heterocycles. The molecule has 2 aromatic rings. The number of amides is 1. The van der Waals surface area contributed by atoms with E-state index >= 15 is 0 Å². The Morgan fingerprint density at radius 2 is 1.96 bits per heavy atom. The van der Waals surface area contributed by atoms with Crippen LogP contribution in [0, 0.1) is 12.8 Å². The van der Waals surface area contributed by atoms with E-state index in [9.17, 15) is 4.79 Å². The summed E-state index contributed by atoms with van der Waals surface area (Å²) in [4.78, 5) is 14.9. The molecule has 1 amide bonds. The largest absolute Gasteiger partial charge is 0.381 e. The maximum atomic E-state index is 12.4. The number of likely N-dealkylation sites (tertiary alicyclic amines) is 1. The van der Waals surface area contributed by atoms with Crippen molar-refractivity contribution < 1.29 is 9.53 Å². The second-order valence-electron chi connectivity index (χ2n) is 7.70. The summed E-state index contributed by atoms with van der Waals surface area (Å²) in [6.45, 7) is 6.41. The predicted octanol–water partition coefficient (Wildman–Crippen LogP) is 3.00. The molecule has 1 aromatic heterocycles. The van der Waals surface area contributed by atoms with Gasteiger partial charge in [0.1, 0.15) is 5.82 Å². The number of rotatable bonds is 5. The van der Waals surface area contributed by atoms with Gasteiger partial charge in [-0.15, -0.1) is 0 Å². The number of aromatic nitrogens is 2. The van der Waals surface area contributed by atoms with Crippen LogP contribution in [0.1, 0.15) is 36.4 Å². The van der Waals surface area contributed by atoms with Gasteiger partial charge in [-0.3, -0.25) is 9.69 Å². The molecular weight excluding hydrogens is 340 g/mol. The summed E-state index contributed by atoms with van der Waals surface area (Å²) < 4.78 is 7.32. The molecule has 6 heteroatoms. The van der Waals surface area contributed by atoms with E-state index in [1.807, 2.05) is 10.7 Å². The zero-order valence-corrected chi connectivity index (χ0v) is 15.9. The molecule has 0 radical (unpaired) electrons. The van der Waals surface area contributed by atoms with Crippen molar-refractivity contribution in [3.63, 3.8) is 0 Å². The fraction of sp³-hybridized carbons (Fsp3) is 0.524. The lowest BCUT2D eigenvalue weighted by Crippen LogP contribution is -2.35. The SMILES string of the molecule is Cc1ccc(CN2CCC(n3nccc3NC(=O)[C@@H]3CCOC3)CC2)cc1. The normalized spacial score (nSPS) is 21.4. The van der Waals surface area contributed by atoms with Gasteiger partial charge < -0.3 is 10.1 Å². The van der Waals surface area contributed by atoms with Gasteiger partial charge >= 0.3 is 0 Å². The molecule has 0 saturated carbocycles. The van der Waals surface area contributed by atoms with Crippen molar-refractivity contribution in [1.29, 1.82) is 0 Å². The van der Waals surface area contributed by atoms with Crippen molar-refractivity contribution in [2.75, 3.05) is 31.6 Å². The van der Waals surface area contributed by atoms with E-state index in [2.05, 4.69) is 46.5 Å². The zero-order chi connectivity index (χ0) is 18.6. The minimum atomic E-state index is -0.0373. The number of hydrogen-bond donors (Lipinski definition) is 1. The van der Waals surface area contributed by atoms with E-state index in [0.717, 1.165) is 44.7 Å². The molecule has 1 atom stereocenters. The van der Waals surface area contributed by atoms with Gasteiger partial charge in [-0.1, -0.05) is 29.8 Å². The monoisotopic (exact) mass is 368 g/mol. The maximum absolute atomic E-state index is 12.4. The Morgan fingerprint density at radius 1 is 1.19 bits per heavy atom. The fourth-order valence-corrected chi connectivity index (χ4v) is 3.95. The standard InChI is InChI=1S/C21H28N4O2/c1-16-2-4-17(5-3-16)14-24-11-7-19(8-12-24)25-20(6-10-22-25)23-21(26)18-9-13-27-15-18/h2-6,10,18-19H,7-9,11-15H2,1H3,(H,23,26)/t18-/m1/s1. The number of nitrogens with zero attached hydrogens (tertiary/aromatic N) is 3. The molecule has 3 heterocycles. The topological polar surface area (TPSA) is 59.4 Å². The van der Waals surface area contributed by atoms with Crippen LogP contribution in [0.4, 0.5) is 5.82 Å². The van der Waals surface area contributed by atoms with Crippen molar-refractivity contribution in [1.82, 2.24) is 14.7 Å². The second kappa shape index (κ2) is 8.23. The number of anilines is 1. The molecule has 0 spiro atoms. The maximum Gasteiger partial charge on any atom is 0.231 e. The Hall–Kier alpha value is -2.18. The fourth-order valence-electron chi connectivity index (χ4n) is 3.95. The molecule has 0 unspecified atom stereocenters. The van der Waals surface area contributed by atoms with Crippen molar-refractivity contribution in [2.45, 2.75) is 38.8 Å². The first kappa shape index (κ1) is 18.2. The van der Waals surface area contributed by atoms with Gasteiger partial charge in [0.05, 0.1) is 24.8 Å². The number of piperidine rings is 1. The average molecular weight is 368 g/mol. The predicted molar refractivity (Wildman–Crippen MR) is 105 cm³/mol. The minimum absolute atomic E-state index is 0.0373. The molecule has 144 valence electrons. The van der Waals surface area contributed by atoms with Crippen LogP contribution in [-0.2, 0) is 16.1 Å². The third kappa shape index (κ3) is 4.39. The van der Waals surface area contributed by atoms with Crippen LogP contribution in [0.15, 0.2) is 36.5 Å². The summed E-state index contributed by atoms with van der Waals surface area (Å²) >= 11 is 0.